The lowest BCUT2D eigenvalue weighted by atomic mass is 10.1. The molecule has 158 valence electrons. The highest BCUT2D eigenvalue weighted by Gasteiger charge is 2.31. The van der Waals surface area contributed by atoms with E-state index in [1.165, 1.54) is 38.6 Å². The van der Waals surface area contributed by atoms with Crippen molar-refractivity contribution < 1.29 is 27.8 Å². The molecule has 0 aliphatic carbocycles. The summed E-state index contributed by atoms with van der Waals surface area (Å²) in [5.74, 6) is -0.520. The molecule has 0 spiro atoms. The largest absolute Gasteiger partial charge is 0.494 e. The van der Waals surface area contributed by atoms with Gasteiger partial charge in [-0.15, -0.1) is 0 Å². The standard InChI is InChI=1S/C21H19F3N2O4/c1-29-18(30-2)12-25-11-17-15-8-3-4-9-16(15)19(27)26(20(17)28)14-7-5-6-13(10-14)21(22,23)24/h3-11,18,28H,12H2,1-2H3. The lowest BCUT2D eigenvalue weighted by molar-refractivity contribution is -0.137. The number of benzene rings is 2. The van der Waals surface area contributed by atoms with Crippen LogP contribution in [0.5, 0.6) is 5.88 Å². The summed E-state index contributed by atoms with van der Waals surface area (Å²) >= 11 is 0. The first-order valence-corrected chi connectivity index (χ1v) is 8.87. The van der Waals surface area contributed by atoms with Gasteiger partial charge in [0.1, 0.15) is 0 Å². The third kappa shape index (κ3) is 4.22. The first-order valence-electron chi connectivity index (χ1n) is 8.87. The van der Waals surface area contributed by atoms with E-state index in [-0.39, 0.29) is 23.2 Å². The van der Waals surface area contributed by atoms with Crippen LogP contribution in [0.25, 0.3) is 16.5 Å². The van der Waals surface area contributed by atoms with Crippen molar-refractivity contribution in [3.05, 3.63) is 70.0 Å². The second-order valence-corrected chi connectivity index (χ2v) is 6.37. The molecule has 6 nitrogen and oxygen atoms in total. The Kier molecular flexibility index (Phi) is 6.23. The van der Waals surface area contributed by atoms with Crippen molar-refractivity contribution in [2.45, 2.75) is 12.5 Å². The summed E-state index contributed by atoms with van der Waals surface area (Å²) in [5, 5.41) is 11.5. The van der Waals surface area contributed by atoms with Gasteiger partial charge in [-0.1, -0.05) is 24.3 Å². The van der Waals surface area contributed by atoms with Crippen molar-refractivity contribution in [3.8, 4) is 11.6 Å². The molecule has 0 aliphatic heterocycles. The molecule has 2 aromatic carbocycles. The lowest BCUT2D eigenvalue weighted by Gasteiger charge is -2.15. The smallest absolute Gasteiger partial charge is 0.416 e. The molecule has 3 aromatic rings. The summed E-state index contributed by atoms with van der Waals surface area (Å²) < 4.78 is 50.3. The first-order chi connectivity index (χ1) is 14.3. The van der Waals surface area contributed by atoms with Gasteiger partial charge in [0, 0.05) is 31.2 Å². The fraction of sp³-hybridized carbons (Fsp3) is 0.238. The van der Waals surface area contributed by atoms with Gasteiger partial charge in [0.05, 0.1) is 23.4 Å². The number of aromatic nitrogens is 1. The van der Waals surface area contributed by atoms with E-state index in [0.717, 1.165) is 16.7 Å². The summed E-state index contributed by atoms with van der Waals surface area (Å²) in [6.45, 7) is 0.115. The number of alkyl halides is 3. The molecular formula is C21H19F3N2O4. The van der Waals surface area contributed by atoms with Gasteiger partial charge in [0.25, 0.3) is 5.56 Å². The first kappa shape index (κ1) is 21.5. The van der Waals surface area contributed by atoms with E-state index < -0.39 is 29.5 Å². The zero-order valence-electron chi connectivity index (χ0n) is 16.2. The maximum absolute atomic E-state index is 13.1. The third-order valence-corrected chi connectivity index (χ3v) is 4.54. The molecule has 0 atom stereocenters. The number of aliphatic imine (C=N–C) groups is 1. The van der Waals surface area contributed by atoms with Crippen molar-refractivity contribution >= 4 is 17.0 Å². The molecule has 30 heavy (non-hydrogen) atoms. The van der Waals surface area contributed by atoms with Gasteiger partial charge in [-0.05, 0) is 24.3 Å². The Morgan fingerprint density at radius 1 is 1.10 bits per heavy atom. The molecule has 0 saturated carbocycles. The number of pyridine rings is 1. The third-order valence-electron chi connectivity index (χ3n) is 4.54. The Hall–Kier alpha value is -3.17. The Morgan fingerprint density at radius 2 is 1.77 bits per heavy atom. The normalized spacial score (nSPS) is 12.3. The number of aromatic hydroxyl groups is 1. The van der Waals surface area contributed by atoms with Crippen molar-refractivity contribution in [1.82, 2.24) is 4.57 Å². The van der Waals surface area contributed by atoms with Crippen LogP contribution in [0, 0.1) is 0 Å². The molecule has 0 saturated heterocycles. The monoisotopic (exact) mass is 420 g/mol. The van der Waals surface area contributed by atoms with Crippen LogP contribution in [-0.2, 0) is 15.7 Å². The molecule has 9 heteroatoms. The van der Waals surface area contributed by atoms with Crippen LogP contribution in [0.3, 0.4) is 0 Å². The zero-order chi connectivity index (χ0) is 21.9. The number of halogens is 3. The number of fused-ring (bicyclic) bond motifs is 1. The van der Waals surface area contributed by atoms with Gasteiger partial charge < -0.3 is 14.6 Å². The topological polar surface area (TPSA) is 73.0 Å². The fourth-order valence-electron chi connectivity index (χ4n) is 3.03. The molecule has 1 aromatic heterocycles. The van der Waals surface area contributed by atoms with Crippen LogP contribution < -0.4 is 5.56 Å². The van der Waals surface area contributed by atoms with Crippen molar-refractivity contribution in [2.75, 3.05) is 20.8 Å². The SMILES string of the molecule is COC(CN=Cc1c(O)n(-c2cccc(C(F)(F)F)c2)c(=O)c2ccccc12)OC. The number of hydrogen-bond acceptors (Lipinski definition) is 5. The minimum Gasteiger partial charge on any atom is -0.494 e. The van der Waals surface area contributed by atoms with Gasteiger partial charge in [-0.25, -0.2) is 4.57 Å². The second kappa shape index (κ2) is 8.68. The van der Waals surface area contributed by atoms with E-state index in [2.05, 4.69) is 4.99 Å². The average molecular weight is 420 g/mol. The summed E-state index contributed by atoms with van der Waals surface area (Å²) in [6, 6.07) is 10.7. The second-order valence-electron chi connectivity index (χ2n) is 6.37. The van der Waals surface area contributed by atoms with E-state index in [1.807, 2.05) is 0 Å². The quantitative estimate of drug-likeness (QED) is 0.487. The van der Waals surface area contributed by atoms with E-state index in [0.29, 0.717) is 5.39 Å². The highest BCUT2D eigenvalue weighted by Crippen LogP contribution is 2.32. The molecule has 0 amide bonds. The van der Waals surface area contributed by atoms with Crippen LogP contribution >= 0.6 is 0 Å². The molecule has 0 bridgehead atoms. The Balaban J connectivity index is 2.22. The molecule has 3 rings (SSSR count). The molecule has 0 aliphatic rings. The Labute approximate surface area is 169 Å². The molecule has 0 radical (unpaired) electrons. The minimum atomic E-state index is -4.59. The molecular weight excluding hydrogens is 401 g/mol. The molecule has 1 N–H and O–H groups in total. The highest BCUT2D eigenvalue weighted by atomic mass is 19.4. The van der Waals surface area contributed by atoms with Crippen LogP contribution in [0.15, 0.2) is 58.3 Å². The van der Waals surface area contributed by atoms with Crippen LogP contribution in [-0.4, -0.2) is 42.9 Å². The maximum atomic E-state index is 13.1. The lowest BCUT2D eigenvalue weighted by Crippen LogP contribution is -2.21. The Bertz CT molecular complexity index is 1140. The van der Waals surface area contributed by atoms with Gasteiger partial charge in [0.15, 0.2) is 6.29 Å². The number of ether oxygens (including phenoxy) is 2. The summed E-state index contributed by atoms with van der Waals surface area (Å²) in [4.78, 5) is 17.2. The highest BCUT2D eigenvalue weighted by molar-refractivity contribution is 6.01. The van der Waals surface area contributed by atoms with Crippen LogP contribution in [0.1, 0.15) is 11.1 Å². The summed E-state index contributed by atoms with van der Waals surface area (Å²) in [7, 11) is 2.90. The van der Waals surface area contributed by atoms with Gasteiger partial charge in [-0.2, -0.15) is 13.2 Å². The predicted molar refractivity (Wildman–Crippen MR) is 106 cm³/mol. The Morgan fingerprint density at radius 3 is 2.40 bits per heavy atom. The summed E-state index contributed by atoms with van der Waals surface area (Å²) in [6.07, 6.45) is -3.86. The average Bonchev–Trinajstić information content (AvgIpc) is 2.73. The summed E-state index contributed by atoms with van der Waals surface area (Å²) in [5.41, 5.74) is -1.50. The van der Waals surface area contributed by atoms with E-state index in [4.69, 9.17) is 9.47 Å². The number of nitrogens with zero attached hydrogens (tertiary/aromatic N) is 2. The van der Waals surface area contributed by atoms with Crippen LogP contribution in [0.2, 0.25) is 0 Å². The van der Waals surface area contributed by atoms with E-state index in [9.17, 15) is 23.1 Å². The van der Waals surface area contributed by atoms with Crippen molar-refractivity contribution in [1.29, 1.82) is 0 Å². The van der Waals surface area contributed by atoms with Crippen molar-refractivity contribution in [2.24, 2.45) is 4.99 Å². The van der Waals surface area contributed by atoms with Gasteiger partial charge in [-0.3, -0.25) is 9.79 Å². The zero-order valence-corrected chi connectivity index (χ0v) is 16.2. The number of hydrogen-bond donors (Lipinski definition) is 1. The molecule has 1 heterocycles. The fourth-order valence-corrected chi connectivity index (χ4v) is 3.03. The number of methoxy groups -OCH3 is 2. The minimum absolute atomic E-state index is 0.112. The van der Waals surface area contributed by atoms with Crippen LogP contribution in [0.4, 0.5) is 13.2 Å². The van der Waals surface area contributed by atoms with Gasteiger partial charge in [0.2, 0.25) is 5.88 Å². The van der Waals surface area contributed by atoms with E-state index >= 15 is 0 Å². The maximum Gasteiger partial charge on any atom is 0.416 e. The van der Waals surface area contributed by atoms with E-state index in [1.54, 1.807) is 18.2 Å². The van der Waals surface area contributed by atoms with Crippen molar-refractivity contribution in [3.63, 3.8) is 0 Å². The predicted octanol–water partition coefficient (Wildman–Crippen LogP) is 3.75. The molecule has 0 fully saturated rings. The molecule has 0 unspecified atom stereocenters. The number of rotatable bonds is 6. The van der Waals surface area contributed by atoms with Gasteiger partial charge >= 0.3 is 6.18 Å².